The minimum absolute atomic E-state index is 0.0454. The molecule has 1 aromatic heterocycles. The van der Waals surface area contributed by atoms with Crippen LogP contribution >= 0.6 is 15.9 Å². The van der Waals surface area contributed by atoms with Crippen molar-refractivity contribution in [2.45, 2.75) is 32.9 Å². The van der Waals surface area contributed by atoms with Crippen molar-refractivity contribution in [3.8, 4) is 0 Å². The Balaban J connectivity index is 1.85. The van der Waals surface area contributed by atoms with Crippen LogP contribution < -0.4 is 16.2 Å². The lowest BCUT2D eigenvalue weighted by Crippen LogP contribution is -2.31. The number of nitrogens with one attached hydrogen (secondary N) is 2. The molecule has 26 heavy (non-hydrogen) atoms. The summed E-state index contributed by atoms with van der Waals surface area (Å²) in [6.45, 7) is 3.03. The molecule has 0 unspecified atom stereocenters. The molecule has 1 aromatic carbocycles. The third-order valence-electron chi connectivity index (χ3n) is 3.78. The van der Waals surface area contributed by atoms with E-state index in [0.29, 0.717) is 18.7 Å². The summed E-state index contributed by atoms with van der Waals surface area (Å²) in [5.74, 6) is -0.352. The smallest absolute Gasteiger partial charge is 0.251 e. The van der Waals surface area contributed by atoms with Gasteiger partial charge in [0.15, 0.2) is 0 Å². The lowest BCUT2D eigenvalue weighted by Gasteiger charge is -2.09. The van der Waals surface area contributed by atoms with Gasteiger partial charge in [0, 0.05) is 35.4 Å². The van der Waals surface area contributed by atoms with Gasteiger partial charge in [0.25, 0.3) is 11.5 Å². The van der Waals surface area contributed by atoms with Gasteiger partial charge in [-0.1, -0.05) is 25.5 Å². The van der Waals surface area contributed by atoms with Gasteiger partial charge in [0.2, 0.25) is 5.91 Å². The van der Waals surface area contributed by atoms with Crippen LogP contribution in [0.1, 0.15) is 35.7 Å². The third kappa shape index (κ3) is 6.15. The normalized spacial score (nSPS) is 10.4. The van der Waals surface area contributed by atoms with E-state index < -0.39 is 0 Å². The highest BCUT2D eigenvalue weighted by Gasteiger charge is 2.07. The molecule has 1 heterocycles. The van der Waals surface area contributed by atoms with E-state index in [1.807, 2.05) is 0 Å². The van der Waals surface area contributed by atoms with Crippen LogP contribution in [0.3, 0.4) is 0 Å². The summed E-state index contributed by atoms with van der Waals surface area (Å²) in [6, 6.07) is 10.1. The van der Waals surface area contributed by atoms with Gasteiger partial charge in [-0.2, -0.15) is 0 Å². The Labute approximate surface area is 160 Å². The Hall–Kier alpha value is -2.41. The van der Waals surface area contributed by atoms with Crippen LogP contribution in [0.4, 0.5) is 0 Å². The highest BCUT2D eigenvalue weighted by molar-refractivity contribution is 9.10. The molecule has 0 spiro atoms. The van der Waals surface area contributed by atoms with Crippen molar-refractivity contribution in [1.82, 2.24) is 15.2 Å². The van der Waals surface area contributed by atoms with Crippen molar-refractivity contribution in [3.05, 3.63) is 68.5 Å². The fourth-order valence-corrected chi connectivity index (χ4v) is 2.67. The van der Waals surface area contributed by atoms with Crippen LogP contribution in [-0.2, 0) is 17.9 Å². The molecular weight excluding hydrogens is 398 g/mol. The molecular formula is C19H22BrN3O3. The lowest BCUT2D eigenvalue weighted by molar-refractivity contribution is -0.121. The van der Waals surface area contributed by atoms with Crippen molar-refractivity contribution in [3.63, 3.8) is 0 Å². The molecule has 0 atom stereocenters. The van der Waals surface area contributed by atoms with Crippen LogP contribution in [0, 0.1) is 0 Å². The van der Waals surface area contributed by atoms with Gasteiger partial charge in [0.1, 0.15) is 6.54 Å². The van der Waals surface area contributed by atoms with Gasteiger partial charge < -0.3 is 15.2 Å². The number of amides is 2. The molecule has 2 N–H and O–H groups in total. The molecule has 0 radical (unpaired) electrons. The number of unbranched alkanes of at least 4 members (excludes halogenated alkanes) is 1. The zero-order valence-corrected chi connectivity index (χ0v) is 16.2. The summed E-state index contributed by atoms with van der Waals surface area (Å²) in [5, 5.41) is 5.63. The first-order valence-corrected chi connectivity index (χ1v) is 9.28. The topological polar surface area (TPSA) is 80.2 Å². The van der Waals surface area contributed by atoms with Crippen LogP contribution in [-0.4, -0.2) is 22.9 Å². The fraction of sp³-hybridized carbons (Fsp3) is 0.316. The van der Waals surface area contributed by atoms with E-state index in [9.17, 15) is 14.4 Å². The molecule has 138 valence electrons. The monoisotopic (exact) mass is 419 g/mol. The van der Waals surface area contributed by atoms with E-state index in [-0.39, 0.29) is 23.9 Å². The molecule has 0 aliphatic heterocycles. The molecule has 7 heteroatoms. The first-order chi connectivity index (χ1) is 12.5. The molecule has 6 nitrogen and oxygen atoms in total. The molecule has 0 aliphatic rings. The zero-order valence-electron chi connectivity index (χ0n) is 14.6. The quantitative estimate of drug-likeness (QED) is 0.644. The Morgan fingerprint density at radius 3 is 2.50 bits per heavy atom. The standard InChI is InChI=1S/C19H22BrN3O3/c1-2-3-10-21-19(26)15-6-4-14(5-7-15)11-22-17(24)13-23-12-16(20)8-9-18(23)25/h4-9,12H,2-3,10-11,13H2,1H3,(H,21,26)(H,22,24). The average molecular weight is 420 g/mol. The van der Waals surface area contributed by atoms with Gasteiger partial charge in [-0.3, -0.25) is 14.4 Å². The van der Waals surface area contributed by atoms with Crippen LogP contribution in [0.5, 0.6) is 0 Å². The summed E-state index contributed by atoms with van der Waals surface area (Å²) in [6.07, 6.45) is 3.57. The predicted molar refractivity (Wildman–Crippen MR) is 104 cm³/mol. The fourth-order valence-electron chi connectivity index (χ4n) is 2.29. The molecule has 2 amide bonds. The third-order valence-corrected chi connectivity index (χ3v) is 4.25. The Kier molecular flexibility index (Phi) is 7.59. The van der Waals surface area contributed by atoms with Crippen molar-refractivity contribution in [1.29, 1.82) is 0 Å². The second-order valence-electron chi connectivity index (χ2n) is 5.90. The average Bonchev–Trinajstić information content (AvgIpc) is 2.63. The number of pyridine rings is 1. The number of carbonyl (C=O) groups is 2. The molecule has 0 bridgehead atoms. The number of carbonyl (C=O) groups excluding carboxylic acids is 2. The van der Waals surface area contributed by atoms with Crippen LogP contribution in [0.25, 0.3) is 0 Å². The Bertz CT molecular complexity index is 816. The second kappa shape index (κ2) is 9.91. The molecule has 0 fully saturated rings. The molecule has 2 rings (SSSR count). The Morgan fingerprint density at radius 1 is 1.08 bits per heavy atom. The first-order valence-electron chi connectivity index (χ1n) is 8.49. The maximum absolute atomic E-state index is 12.0. The van der Waals surface area contributed by atoms with Gasteiger partial charge >= 0.3 is 0 Å². The maximum Gasteiger partial charge on any atom is 0.251 e. The van der Waals surface area contributed by atoms with Crippen LogP contribution in [0.15, 0.2) is 51.9 Å². The number of aromatic nitrogens is 1. The highest BCUT2D eigenvalue weighted by atomic mass is 79.9. The predicted octanol–water partition coefficient (Wildman–Crippen LogP) is 2.46. The van der Waals surface area contributed by atoms with Gasteiger partial charge in [0.05, 0.1) is 0 Å². The second-order valence-corrected chi connectivity index (χ2v) is 6.81. The van der Waals surface area contributed by atoms with Gasteiger partial charge in [-0.05, 0) is 46.1 Å². The van der Waals surface area contributed by atoms with E-state index in [0.717, 1.165) is 22.9 Å². The lowest BCUT2D eigenvalue weighted by atomic mass is 10.1. The van der Waals surface area contributed by atoms with Crippen LogP contribution in [0.2, 0.25) is 0 Å². The van der Waals surface area contributed by atoms with Crippen molar-refractivity contribution < 1.29 is 9.59 Å². The van der Waals surface area contributed by atoms with Crippen molar-refractivity contribution in [2.75, 3.05) is 6.54 Å². The van der Waals surface area contributed by atoms with E-state index in [4.69, 9.17) is 0 Å². The van der Waals surface area contributed by atoms with E-state index in [1.54, 1.807) is 36.5 Å². The number of hydrogen-bond donors (Lipinski definition) is 2. The molecule has 0 saturated heterocycles. The number of rotatable bonds is 8. The number of benzene rings is 1. The minimum Gasteiger partial charge on any atom is -0.352 e. The number of nitrogens with zero attached hydrogens (tertiary/aromatic N) is 1. The largest absolute Gasteiger partial charge is 0.352 e. The SMILES string of the molecule is CCCCNC(=O)c1ccc(CNC(=O)Cn2cc(Br)ccc2=O)cc1. The van der Waals surface area contributed by atoms with Crippen molar-refractivity contribution in [2.24, 2.45) is 0 Å². The summed E-state index contributed by atoms with van der Waals surface area (Å²) in [7, 11) is 0. The molecule has 0 saturated carbocycles. The Morgan fingerprint density at radius 2 is 1.81 bits per heavy atom. The summed E-state index contributed by atoms with van der Waals surface area (Å²) in [5.41, 5.74) is 1.24. The van der Waals surface area contributed by atoms with E-state index in [1.165, 1.54) is 10.6 Å². The summed E-state index contributed by atoms with van der Waals surface area (Å²) >= 11 is 3.28. The van der Waals surface area contributed by atoms with Gasteiger partial charge in [-0.25, -0.2) is 0 Å². The van der Waals surface area contributed by atoms with E-state index in [2.05, 4.69) is 33.5 Å². The van der Waals surface area contributed by atoms with Crippen molar-refractivity contribution >= 4 is 27.7 Å². The van der Waals surface area contributed by atoms with Gasteiger partial charge in [-0.15, -0.1) is 0 Å². The maximum atomic E-state index is 12.0. The molecule has 0 aliphatic carbocycles. The van der Waals surface area contributed by atoms with E-state index >= 15 is 0 Å². The zero-order chi connectivity index (χ0) is 18.9. The highest BCUT2D eigenvalue weighted by Crippen LogP contribution is 2.06. The summed E-state index contributed by atoms with van der Waals surface area (Å²) in [4.78, 5) is 35.7. The number of halogens is 1. The first kappa shape index (κ1) is 19.9. The number of hydrogen-bond acceptors (Lipinski definition) is 3. The minimum atomic E-state index is -0.258. The summed E-state index contributed by atoms with van der Waals surface area (Å²) < 4.78 is 2.07. The molecule has 2 aromatic rings.